The number of rotatable bonds is 5. The Kier molecular flexibility index (Phi) is 4.06. The van der Waals surface area contributed by atoms with E-state index >= 15 is 0 Å². The first-order chi connectivity index (χ1) is 8.97. The van der Waals surface area contributed by atoms with Crippen LogP contribution in [-0.4, -0.2) is 29.2 Å². The predicted molar refractivity (Wildman–Crippen MR) is 74.3 cm³/mol. The summed E-state index contributed by atoms with van der Waals surface area (Å²) in [4.78, 5) is 19.1. The lowest BCUT2D eigenvalue weighted by Crippen LogP contribution is -2.48. The molecule has 1 aliphatic rings. The first kappa shape index (κ1) is 14.2. The van der Waals surface area contributed by atoms with Crippen LogP contribution in [0.1, 0.15) is 49.3 Å². The molecule has 0 radical (unpaired) electrons. The fourth-order valence-electron chi connectivity index (χ4n) is 2.71. The van der Waals surface area contributed by atoms with Crippen molar-refractivity contribution in [3.8, 4) is 0 Å². The van der Waals surface area contributed by atoms with Gasteiger partial charge in [0.05, 0.1) is 11.2 Å². The van der Waals surface area contributed by atoms with Crippen LogP contribution < -0.4 is 10.9 Å². The van der Waals surface area contributed by atoms with Crippen LogP contribution in [0.3, 0.4) is 0 Å². The zero-order chi connectivity index (χ0) is 14.0. The summed E-state index contributed by atoms with van der Waals surface area (Å²) in [6, 6.07) is -0.0236. The van der Waals surface area contributed by atoms with Crippen LogP contribution in [0.2, 0.25) is 0 Å². The molecule has 1 aromatic heterocycles. The predicted octanol–water partition coefficient (Wildman–Crippen LogP) is 1.61. The van der Waals surface area contributed by atoms with Crippen molar-refractivity contribution >= 4 is 0 Å². The minimum atomic E-state index is -0.0509. The van der Waals surface area contributed by atoms with Crippen molar-refractivity contribution in [1.82, 2.24) is 15.3 Å². The highest BCUT2D eigenvalue weighted by molar-refractivity contribution is 5.20. The Bertz CT molecular complexity index is 500. The molecule has 0 saturated heterocycles. The molecule has 0 bridgehead atoms. The molecule has 5 nitrogen and oxygen atoms in total. The quantitative estimate of drug-likeness (QED) is 0.848. The maximum Gasteiger partial charge on any atom is 0.255 e. The van der Waals surface area contributed by atoms with E-state index in [0.29, 0.717) is 5.82 Å². The van der Waals surface area contributed by atoms with Crippen LogP contribution in [0.25, 0.3) is 0 Å². The Morgan fingerprint density at radius 1 is 1.47 bits per heavy atom. The number of hydrogen-bond donors (Lipinski definition) is 2. The minimum absolute atomic E-state index is 0.0236. The van der Waals surface area contributed by atoms with Gasteiger partial charge < -0.3 is 15.0 Å². The van der Waals surface area contributed by atoms with E-state index < -0.39 is 0 Å². The highest BCUT2D eigenvalue weighted by atomic mass is 16.5. The molecule has 1 unspecified atom stereocenters. The number of hydrogen-bond acceptors (Lipinski definition) is 4. The Balaban J connectivity index is 2.08. The lowest BCUT2D eigenvalue weighted by Gasteiger charge is -2.41. The third-order valence-corrected chi connectivity index (χ3v) is 4.13. The lowest BCUT2D eigenvalue weighted by molar-refractivity contribution is -0.0707. The molecular formula is C14H23N3O2. The monoisotopic (exact) mass is 265 g/mol. The Morgan fingerprint density at radius 3 is 2.63 bits per heavy atom. The van der Waals surface area contributed by atoms with Gasteiger partial charge in [0.1, 0.15) is 5.82 Å². The van der Waals surface area contributed by atoms with Gasteiger partial charge in [-0.25, -0.2) is 4.98 Å². The zero-order valence-corrected chi connectivity index (χ0v) is 12.2. The molecule has 0 spiro atoms. The third kappa shape index (κ3) is 2.87. The average molecular weight is 265 g/mol. The first-order valence-corrected chi connectivity index (χ1v) is 6.83. The summed E-state index contributed by atoms with van der Waals surface area (Å²) in [5.74, 6) is 0.658. The van der Waals surface area contributed by atoms with Crippen LogP contribution in [0.5, 0.6) is 0 Å². The van der Waals surface area contributed by atoms with Crippen molar-refractivity contribution < 1.29 is 4.74 Å². The summed E-state index contributed by atoms with van der Waals surface area (Å²) in [5.41, 5.74) is 1.43. The molecule has 5 heteroatoms. The van der Waals surface area contributed by atoms with Gasteiger partial charge in [-0.1, -0.05) is 0 Å². The van der Waals surface area contributed by atoms with Gasteiger partial charge in [0, 0.05) is 25.4 Å². The van der Waals surface area contributed by atoms with Gasteiger partial charge in [-0.15, -0.1) is 0 Å². The van der Waals surface area contributed by atoms with Gasteiger partial charge in [0.25, 0.3) is 5.56 Å². The van der Waals surface area contributed by atoms with E-state index in [1.165, 1.54) is 6.42 Å². The van der Waals surface area contributed by atoms with E-state index in [4.69, 9.17) is 4.74 Å². The maximum atomic E-state index is 12.0. The average Bonchev–Trinajstić information content (AvgIpc) is 2.26. The molecule has 1 heterocycles. The smallest absolute Gasteiger partial charge is 0.255 e. The van der Waals surface area contributed by atoms with Crippen LogP contribution >= 0.6 is 0 Å². The fraction of sp³-hybridized carbons (Fsp3) is 0.714. The van der Waals surface area contributed by atoms with Gasteiger partial charge in [0.15, 0.2) is 0 Å². The molecule has 2 N–H and O–H groups in total. The molecule has 2 rings (SSSR count). The standard InChI is InChI=1S/C14H23N3O2/c1-9(15-8-14(19-4)6-5-7-14)12-10(2)16-11(3)17-13(12)18/h9,15H,5-8H2,1-4H3,(H,16,17,18). The van der Waals surface area contributed by atoms with Gasteiger partial charge in [-0.2, -0.15) is 0 Å². The Labute approximate surface area is 113 Å². The van der Waals surface area contributed by atoms with Crippen molar-refractivity contribution in [2.45, 2.75) is 51.7 Å². The molecule has 1 aromatic rings. The van der Waals surface area contributed by atoms with E-state index in [2.05, 4.69) is 15.3 Å². The van der Waals surface area contributed by atoms with Crippen LogP contribution in [0, 0.1) is 13.8 Å². The number of aromatic nitrogens is 2. The van der Waals surface area contributed by atoms with E-state index in [0.717, 1.165) is 30.6 Å². The summed E-state index contributed by atoms with van der Waals surface area (Å²) in [5, 5.41) is 3.41. The zero-order valence-electron chi connectivity index (χ0n) is 12.2. The molecule has 0 amide bonds. The lowest BCUT2D eigenvalue weighted by atomic mass is 9.80. The summed E-state index contributed by atoms with van der Waals surface area (Å²) in [7, 11) is 1.76. The molecule has 1 aliphatic carbocycles. The molecule has 1 saturated carbocycles. The summed E-state index contributed by atoms with van der Waals surface area (Å²) in [6.07, 6.45) is 3.39. The van der Waals surface area contributed by atoms with E-state index in [-0.39, 0.29) is 17.2 Å². The number of nitrogens with zero attached hydrogens (tertiary/aromatic N) is 1. The molecule has 0 aliphatic heterocycles. The second-order valence-corrected chi connectivity index (χ2v) is 5.49. The molecule has 19 heavy (non-hydrogen) atoms. The highest BCUT2D eigenvalue weighted by Crippen LogP contribution is 2.34. The molecule has 1 fully saturated rings. The number of aromatic amines is 1. The summed E-state index contributed by atoms with van der Waals surface area (Å²) in [6.45, 7) is 6.45. The minimum Gasteiger partial charge on any atom is -0.377 e. The molecule has 106 valence electrons. The van der Waals surface area contributed by atoms with E-state index in [1.54, 1.807) is 14.0 Å². The largest absolute Gasteiger partial charge is 0.377 e. The maximum absolute atomic E-state index is 12.0. The van der Waals surface area contributed by atoms with Gasteiger partial charge in [-0.3, -0.25) is 4.79 Å². The van der Waals surface area contributed by atoms with Crippen molar-refractivity contribution in [3.63, 3.8) is 0 Å². The Hall–Kier alpha value is -1.20. The number of H-pyrrole nitrogens is 1. The fourth-order valence-corrected chi connectivity index (χ4v) is 2.71. The van der Waals surface area contributed by atoms with Crippen molar-refractivity contribution in [2.75, 3.05) is 13.7 Å². The topological polar surface area (TPSA) is 67.0 Å². The van der Waals surface area contributed by atoms with E-state index in [9.17, 15) is 4.79 Å². The molecule has 0 aromatic carbocycles. The van der Waals surface area contributed by atoms with Crippen molar-refractivity contribution in [1.29, 1.82) is 0 Å². The number of nitrogens with one attached hydrogen (secondary N) is 2. The normalized spacial score (nSPS) is 18.9. The first-order valence-electron chi connectivity index (χ1n) is 6.83. The van der Waals surface area contributed by atoms with Crippen molar-refractivity contribution in [2.24, 2.45) is 0 Å². The van der Waals surface area contributed by atoms with Crippen molar-refractivity contribution in [3.05, 3.63) is 27.4 Å². The van der Waals surface area contributed by atoms with Crippen LogP contribution in [-0.2, 0) is 4.74 Å². The number of ether oxygens (including phenoxy) is 1. The summed E-state index contributed by atoms with van der Waals surface area (Å²) < 4.78 is 5.58. The number of aryl methyl sites for hydroxylation is 2. The second-order valence-electron chi connectivity index (χ2n) is 5.49. The second kappa shape index (κ2) is 5.43. The SMILES string of the molecule is COC1(CNC(C)c2c(C)nc(C)[nH]c2=O)CCC1. The Morgan fingerprint density at radius 2 is 2.16 bits per heavy atom. The molecular weight excluding hydrogens is 242 g/mol. The summed E-state index contributed by atoms with van der Waals surface area (Å²) >= 11 is 0. The number of methoxy groups -OCH3 is 1. The van der Waals surface area contributed by atoms with Crippen LogP contribution in [0.4, 0.5) is 0 Å². The van der Waals surface area contributed by atoms with Gasteiger partial charge in [-0.05, 0) is 40.0 Å². The molecule has 1 atom stereocenters. The van der Waals surface area contributed by atoms with Gasteiger partial charge in [0.2, 0.25) is 0 Å². The third-order valence-electron chi connectivity index (χ3n) is 4.13. The van der Waals surface area contributed by atoms with Crippen LogP contribution in [0.15, 0.2) is 4.79 Å². The van der Waals surface area contributed by atoms with E-state index in [1.807, 2.05) is 13.8 Å². The highest BCUT2D eigenvalue weighted by Gasteiger charge is 2.37. The van der Waals surface area contributed by atoms with Gasteiger partial charge >= 0.3 is 0 Å².